The quantitative estimate of drug-likeness (QED) is 0.545. The van der Waals surface area contributed by atoms with Crippen LogP contribution < -0.4 is 14.2 Å². The Morgan fingerprint density at radius 3 is 2.21 bits per heavy atom. The van der Waals surface area contributed by atoms with Crippen LogP contribution in [0, 0.1) is 0 Å². The van der Waals surface area contributed by atoms with Crippen molar-refractivity contribution in [1.82, 2.24) is 9.80 Å². The van der Waals surface area contributed by atoms with Crippen LogP contribution in [0.15, 0.2) is 36.4 Å². The number of likely N-dealkylation sites (tertiary alicyclic amines) is 1. The number of hydrogen-bond acceptors (Lipinski definition) is 7. The van der Waals surface area contributed by atoms with E-state index in [4.69, 9.17) is 23.7 Å². The van der Waals surface area contributed by atoms with Crippen molar-refractivity contribution >= 4 is 11.8 Å². The second-order valence-electron chi connectivity index (χ2n) is 9.90. The summed E-state index contributed by atoms with van der Waals surface area (Å²) in [6, 6.07) is 10.6. The molecule has 38 heavy (non-hydrogen) atoms. The van der Waals surface area contributed by atoms with Crippen LogP contribution in [0.5, 0.6) is 17.2 Å². The van der Waals surface area contributed by atoms with Crippen LogP contribution in [-0.2, 0) is 14.3 Å². The molecule has 1 spiro atoms. The van der Waals surface area contributed by atoms with E-state index in [0.29, 0.717) is 68.5 Å². The van der Waals surface area contributed by atoms with Gasteiger partial charge in [0.1, 0.15) is 0 Å². The number of piperidine rings is 1. The molecule has 0 aliphatic carbocycles. The highest BCUT2D eigenvalue weighted by atomic mass is 16.7. The average Bonchev–Trinajstić information content (AvgIpc) is 3.41. The predicted octanol–water partition coefficient (Wildman–Crippen LogP) is 3.77. The maximum Gasteiger partial charge on any atom is 0.254 e. The van der Waals surface area contributed by atoms with Crippen LogP contribution in [-0.4, -0.2) is 81.6 Å². The van der Waals surface area contributed by atoms with Crippen LogP contribution in [0.4, 0.5) is 0 Å². The Kier molecular flexibility index (Phi) is 7.49. The topological polar surface area (TPSA) is 86.8 Å². The Hall–Kier alpha value is -3.30. The average molecular weight is 525 g/mol. The second-order valence-corrected chi connectivity index (χ2v) is 9.90. The zero-order valence-corrected chi connectivity index (χ0v) is 22.5. The van der Waals surface area contributed by atoms with Crippen molar-refractivity contribution in [3.63, 3.8) is 0 Å². The number of hydrogen-bond donors (Lipinski definition) is 0. The van der Waals surface area contributed by atoms with Gasteiger partial charge in [0.2, 0.25) is 11.7 Å². The predicted molar refractivity (Wildman–Crippen MR) is 140 cm³/mol. The normalized spacial score (nSPS) is 22.4. The van der Waals surface area contributed by atoms with Gasteiger partial charge in [-0.25, -0.2) is 0 Å². The Morgan fingerprint density at radius 2 is 1.63 bits per heavy atom. The number of methoxy groups -OCH3 is 3. The van der Waals surface area contributed by atoms with Crippen molar-refractivity contribution in [2.75, 3.05) is 54.2 Å². The summed E-state index contributed by atoms with van der Waals surface area (Å²) in [5, 5.41) is 0. The molecule has 3 aliphatic rings. The fraction of sp³-hybridized carbons (Fsp3) is 0.517. The summed E-state index contributed by atoms with van der Waals surface area (Å²) in [4.78, 5) is 31.9. The second kappa shape index (κ2) is 10.8. The van der Waals surface area contributed by atoms with E-state index in [9.17, 15) is 9.59 Å². The number of carbonyl (C=O) groups excluding carboxylic acids is 2. The van der Waals surface area contributed by atoms with E-state index in [2.05, 4.69) is 0 Å². The number of amides is 2. The van der Waals surface area contributed by atoms with Gasteiger partial charge in [0, 0.05) is 38.0 Å². The van der Waals surface area contributed by atoms with Gasteiger partial charge in [-0.05, 0) is 35.7 Å². The lowest BCUT2D eigenvalue weighted by molar-refractivity contribution is -0.188. The highest BCUT2D eigenvalue weighted by molar-refractivity contribution is 6.01. The van der Waals surface area contributed by atoms with Gasteiger partial charge in [0.05, 0.1) is 46.5 Å². The molecule has 2 amide bonds. The molecule has 2 unspecified atom stereocenters. The largest absolute Gasteiger partial charge is 0.493 e. The van der Waals surface area contributed by atoms with Crippen molar-refractivity contribution in [1.29, 1.82) is 0 Å². The lowest BCUT2D eigenvalue weighted by Crippen LogP contribution is -2.52. The Bertz CT molecular complexity index is 1160. The first-order valence-electron chi connectivity index (χ1n) is 13.2. The lowest BCUT2D eigenvalue weighted by Gasteiger charge is -2.45. The van der Waals surface area contributed by atoms with Gasteiger partial charge in [-0.2, -0.15) is 0 Å². The number of rotatable bonds is 7. The first kappa shape index (κ1) is 26.3. The van der Waals surface area contributed by atoms with Crippen LogP contribution in [0.1, 0.15) is 59.6 Å². The Balaban J connectivity index is 1.61. The van der Waals surface area contributed by atoms with Gasteiger partial charge in [-0.15, -0.1) is 0 Å². The van der Waals surface area contributed by atoms with Crippen molar-refractivity contribution < 1.29 is 33.3 Å². The third-order valence-corrected chi connectivity index (χ3v) is 7.85. The number of ether oxygens (including phenoxy) is 5. The Morgan fingerprint density at radius 1 is 1.00 bits per heavy atom. The van der Waals surface area contributed by atoms with Crippen molar-refractivity contribution in [3.05, 3.63) is 53.1 Å². The summed E-state index contributed by atoms with van der Waals surface area (Å²) in [6.45, 7) is 4.76. The molecule has 204 valence electrons. The molecule has 5 rings (SSSR count). The summed E-state index contributed by atoms with van der Waals surface area (Å²) in [6.07, 6.45) is 2.00. The van der Waals surface area contributed by atoms with E-state index in [-0.39, 0.29) is 11.8 Å². The van der Waals surface area contributed by atoms with Crippen LogP contribution in [0.3, 0.4) is 0 Å². The molecular weight excluding hydrogens is 488 g/mol. The molecular formula is C29H36N2O7. The van der Waals surface area contributed by atoms with Gasteiger partial charge in [0.15, 0.2) is 17.3 Å². The number of nitrogens with zero attached hydrogens (tertiary/aromatic N) is 2. The van der Waals surface area contributed by atoms with E-state index in [1.165, 1.54) is 0 Å². The fourth-order valence-corrected chi connectivity index (χ4v) is 6.04. The molecule has 9 nitrogen and oxygen atoms in total. The SMILES string of the molecule is CCCN1C(=O)c2ccccc2C(C(=O)N2CCC3(CC2)OCCO3)C1c1cc(OC)c(OC)c(OC)c1. The molecule has 2 aromatic carbocycles. The Labute approximate surface area is 223 Å². The van der Waals surface area contributed by atoms with Crippen LogP contribution in [0.25, 0.3) is 0 Å². The molecule has 2 aromatic rings. The van der Waals surface area contributed by atoms with E-state index in [1.54, 1.807) is 21.3 Å². The zero-order valence-electron chi connectivity index (χ0n) is 22.5. The number of carbonyl (C=O) groups is 2. The molecule has 0 bridgehead atoms. The summed E-state index contributed by atoms with van der Waals surface area (Å²) >= 11 is 0. The minimum absolute atomic E-state index is 0.0161. The van der Waals surface area contributed by atoms with E-state index >= 15 is 0 Å². The third kappa shape index (κ3) is 4.47. The highest BCUT2D eigenvalue weighted by Crippen LogP contribution is 2.48. The summed E-state index contributed by atoms with van der Waals surface area (Å²) < 4.78 is 28.6. The molecule has 0 saturated carbocycles. The molecule has 2 atom stereocenters. The van der Waals surface area contributed by atoms with Crippen molar-refractivity contribution in [2.24, 2.45) is 0 Å². The van der Waals surface area contributed by atoms with Gasteiger partial charge < -0.3 is 33.5 Å². The molecule has 9 heteroatoms. The summed E-state index contributed by atoms with van der Waals surface area (Å²) in [5.74, 6) is 0.134. The monoisotopic (exact) mass is 524 g/mol. The van der Waals surface area contributed by atoms with Gasteiger partial charge in [-0.1, -0.05) is 25.1 Å². The van der Waals surface area contributed by atoms with E-state index < -0.39 is 17.7 Å². The molecule has 3 heterocycles. The highest BCUT2D eigenvalue weighted by Gasteiger charge is 2.48. The van der Waals surface area contributed by atoms with Crippen LogP contribution >= 0.6 is 0 Å². The number of benzene rings is 2. The van der Waals surface area contributed by atoms with Crippen molar-refractivity contribution in [3.8, 4) is 17.2 Å². The first-order valence-corrected chi connectivity index (χ1v) is 13.2. The smallest absolute Gasteiger partial charge is 0.254 e. The molecule has 2 saturated heterocycles. The number of fused-ring (bicyclic) bond motifs is 1. The van der Waals surface area contributed by atoms with Gasteiger partial charge in [-0.3, -0.25) is 9.59 Å². The minimum atomic E-state index is -0.599. The summed E-state index contributed by atoms with van der Waals surface area (Å²) in [5.41, 5.74) is 2.06. The molecule has 0 aromatic heterocycles. The van der Waals surface area contributed by atoms with E-state index in [1.807, 2.05) is 53.1 Å². The standard InChI is InChI=1S/C29H36N2O7/c1-5-12-31-25(19-17-22(34-2)26(36-4)23(18-19)35-3)24(20-8-6-7-9-21(20)27(31)32)28(33)30-13-10-29(11-14-30)37-15-16-38-29/h6-9,17-18,24-25H,5,10-16H2,1-4H3. The lowest BCUT2D eigenvalue weighted by atomic mass is 9.78. The summed E-state index contributed by atoms with van der Waals surface area (Å²) in [7, 11) is 4.67. The minimum Gasteiger partial charge on any atom is -0.493 e. The van der Waals surface area contributed by atoms with Crippen LogP contribution in [0.2, 0.25) is 0 Å². The molecule has 2 fully saturated rings. The maximum absolute atomic E-state index is 14.4. The fourth-order valence-electron chi connectivity index (χ4n) is 6.04. The molecule has 3 aliphatic heterocycles. The van der Waals surface area contributed by atoms with Gasteiger partial charge >= 0.3 is 0 Å². The van der Waals surface area contributed by atoms with Gasteiger partial charge in [0.25, 0.3) is 5.91 Å². The van der Waals surface area contributed by atoms with Crippen molar-refractivity contribution in [2.45, 2.75) is 43.9 Å². The first-order chi connectivity index (χ1) is 18.5. The third-order valence-electron chi connectivity index (χ3n) is 7.85. The molecule has 0 N–H and O–H groups in total. The maximum atomic E-state index is 14.4. The van der Waals surface area contributed by atoms with E-state index in [0.717, 1.165) is 17.5 Å². The molecule has 0 radical (unpaired) electrons. The zero-order chi connectivity index (χ0) is 26.9.